The van der Waals surface area contributed by atoms with Crippen LogP contribution in [0, 0.1) is 5.92 Å². The predicted molar refractivity (Wildman–Crippen MR) is 86.2 cm³/mol. The van der Waals surface area contributed by atoms with Crippen LogP contribution in [0.4, 0.5) is 11.5 Å². The summed E-state index contributed by atoms with van der Waals surface area (Å²) in [6.45, 7) is 5.40. The Balaban J connectivity index is 1.71. The van der Waals surface area contributed by atoms with Crippen LogP contribution in [-0.4, -0.2) is 24.7 Å². The third kappa shape index (κ3) is 2.34. The van der Waals surface area contributed by atoms with Gasteiger partial charge in [-0.3, -0.25) is 4.68 Å². The van der Waals surface area contributed by atoms with E-state index in [9.17, 15) is 0 Å². The Hall–Kier alpha value is -2.37. The number of H-pyrrole nitrogens is 1. The van der Waals surface area contributed by atoms with Crippen molar-refractivity contribution in [2.24, 2.45) is 5.92 Å². The van der Waals surface area contributed by atoms with Gasteiger partial charge in [-0.15, -0.1) is 0 Å². The molecule has 3 aromatic heterocycles. The van der Waals surface area contributed by atoms with E-state index in [1.54, 1.807) is 6.33 Å². The summed E-state index contributed by atoms with van der Waals surface area (Å²) < 4.78 is 2.15. The van der Waals surface area contributed by atoms with E-state index in [0.29, 0.717) is 11.8 Å². The number of aromatic nitrogens is 5. The molecule has 0 unspecified atom stereocenters. The van der Waals surface area contributed by atoms with Gasteiger partial charge in [0.05, 0.1) is 23.0 Å². The first-order chi connectivity index (χ1) is 10.7. The van der Waals surface area contributed by atoms with E-state index in [2.05, 4.69) is 43.9 Å². The molecule has 114 valence electrons. The number of anilines is 2. The van der Waals surface area contributed by atoms with Crippen LogP contribution in [0.15, 0.2) is 24.8 Å². The largest absolute Gasteiger partial charge is 0.346 e. The van der Waals surface area contributed by atoms with Gasteiger partial charge in [0.25, 0.3) is 0 Å². The van der Waals surface area contributed by atoms with Gasteiger partial charge in [-0.25, -0.2) is 9.97 Å². The number of hydrogen-bond donors (Lipinski definition) is 2. The summed E-state index contributed by atoms with van der Waals surface area (Å²) in [7, 11) is 0. The van der Waals surface area contributed by atoms with Crippen molar-refractivity contribution in [3.05, 3.63) is 30.5 Å². The molecule has 1 saturated carbocycles. The molecule has 1 fully saturated rings. The van der Waals surface area contributed by atoms with E-state index in [1.807, 2.05) is 18.5 Å². The lowest BCUT2D eigenvalue weighted by Crippen LogP contribution is -2.10. The smallest absolute Gasteiger partial charge is 0.143 e. The summed E-state index contributed by atoms with van der Waals surface area (Å²) in [6.07, 6.45) is 7.89. The first-order valence-electron chi connectivity index (χ1n) is 7.83. The van der Waals surface area contributed by atoms with Gasteiger partial charge < -0.3 is 10.3 Å². The summed E-state index contributed by atoms with van der Waals surface area (Å²) in [5, 5.41) is 9.05. The fourth-order valence-electron chi connectivity index (χ4n) is 2.87. The van der Waals surface area contributed by atoms with Crippen LogP contribution in [0.2, 0.25) is 0 Å². The maximum atomic E-state index is 4.58. The molecule has 4 rings (SSSR count). The standard InChI is InChI=1S/C16H20N6/c1-10(2)8-22-14(11-3-4-11)13(7-20-22)21-16-12-5-6-17-15(12)18-9-19-16/h5-7,9-11H,3-4,8H2,1-2H3,(H2,17,18,19,21). The zero-order valence-corrected chi connectivity index (χ0v) is 12.9. The molecule has 2 N–H and O–H groups in total. The van der Waals surface area contributed by atoms with Gasteiger partial charge >= 0.3 is 0 Å². The Labute approximate surface area is 129 Å². The second-order valence-electron chi connectivity index (χ2n) is 6.38. The van der Waals surface area contributed by atoms with Crippen LogP contribution in [-0.2, 0) is 6.54 Å². The fraction of sp³-hybridized carbons (Fsp3) is 0.438. The molecule has 0 aromatic carbocycles. The number of nitrogens with one attached hydrogen (secondary N) is 2. The highest BCUT2D eigenvalue weighted by Gasteiger charge is 2.30. The van der Waals surface area contributed by atoms with Crippen molar-refractivity contribution in [3.63, 3.8) is 0 Å². The van der Waals surface area contributed by atoms with Gasteiger partial charge in [0, 0.05) is 18.7 Å². The molecular weight excluding hydrogens is 276 g/mol. The van der Waals surface area contributed by atoms with Crippen molar-refractivity contribution >= 4 is 22.5 Å². The Morgan fingerprint density at radius 3 is 3.00 bits per heavy atom. The van der Waals surface area contributed by atoms with Gasteiger partial charge in [-0.1, -0.05) is 13.8 Å². The highest BCUT2D eigenvalue weighted by atomic mass is 15.3. The van der Waals surface area contributed by atoms with Crippen LogP contribution >= 0.6 is 0 Å². The van der Waals surface area contributed by atoms with Crippen molar-refractivity contribution in [1.82, 2.24) is 24.7 Å². The summed E-state index contributed by atoms with van der Waals surface area (Å²) in [5.41, 5.74) is 3.24. The third-order valence-corrected chi connectivity index (χ3v) is 3.99. The van der Waals surface area contributed by atoms with Gasteiger partial charge in [-0.05, 0) is 24.8 Å². The zero-order chi connectivity index (χ0) is 15.1. The number of nitrogens with zero attached hydrogens (tertiary/aromatic N) is 4. The molecule has 0 radical (unpaired) electrons. The normalized spacial score (nSPS) is 14.9. The molecule has 0 amide bonds. The van der Waals surface area contributed by atoms with E-state index >= 15 is 0 Å². The SMILES string of the molecule is CC(C)Cn1ncc(Nc2ncnc3[nH]ccc23)c1C1CC1. The number of fused-ring (bicyclic) bond motifs is 1. The van der Waals surface area contributed by atoms with E-state index < -0.39 is 0 Å². The molecule has 3 aromatic rings. The van der Waals surface area contributed by atoms with E-state index in [1.165, 1.54) is 18.5 Å². The van der Waals surface area contributed by atoms with Crippen molar-refractivity contribution < 1.29 is 0 Å². The second kappa shape index (κ2) is 5.12. The van der Waals surface area contributed by atoms with Gasteiger partial charge in [0.15, 0.2) is 0 Å². The number of rotatable bonds is 5. The lowest BCUT2D eigenvalue weighted by atomic mass is 10.2. The lowest BCUT2D eigenvalue weighted by Gasteiger charge is -2.12. The molecular formula is C16H20N6. The second-order valence-corrected chi connectivity index (χ2v) is 6.38. The molecule has 1 aliphatic rings. The molecule has 22 heavy (non-hydrogen) atoms. The zero-order valence-electron chi connectivity index (χ0n) is 12.9. The van der Waals surface area contributed by atoms with Crippen molar-refractivity contribution in [3.8, 4) is 0 Å². The summed E-state index contributed by atoms with van der Waals surface area (Å²) >= 11 is 0. The quantitative estimate of drug-likeness (QED) is 0.756. The van der Waals surface area contributed by atoms with Crippen molar-refractivity contribution in [2.45, 2.75) is 39.2 Å². The average Bonchev–Trinajstić information content (AvgIpc) is 3.06. The molecule has 6 heteroatoms. The summed E-state index contributed by atoms with van der Waals surface area (Å²) in [4.78, 5) is 11.7. The van der Waals surface area contributed by atoms with Crippen molar-refractivity contribution in [1.29, 1.82) is 0 Å². The molecule has 1 aliphatic carbocycles. The van der Waals surface area contributed by atoms with Crippen molar-refractivity contribution in [2.75, 3.05) is 5.32 Å². The number of aromatic amines is 1. The maximum Gasteiger partial charge on any atom is 0.143 e. The van der Waals surface area contributed by atoms with Gasteiger partial charge in [-0.2, -0.15) is 5.10 Å². The minimum absolute atomic E-state index is 0.584. The first kappa shape index (κ1) is 13.3. The Kier molecular flexibility index (Phi) is 3.10. The van der Waals surface area contributed by atoms with Crippen LogP contribution in [0.25, 0.3) is 11.0 Å². The van der Waals surface area contributed by atoms with Crippen LogP contribution in [0.5, 0.6) is 0 Å². The minimum Gasteiger partial charge on any atom is -0.346 e. The summed E-state index contributed by atoms with van der Waals surface area (Å²) in [6, 6.07) is 1.99. The Morgan fingerprint density at radius 2 is 2.23 bits per heavy atom. The van der Waals surface area contributed by atoms with Crippen LogP contribution in [0.1, 0.15) is 38.3 Å². The molecule has 3 heterocycles. The van der Waals surface area contributed by atoms with E-state index in [-0.39, 0.29) is 0 Å². The molecule has 0 aliphatic heterocycles. The molecule has 0 atom stereocenters. The topological polar surface area (TPSA) is 71.4 Å². The van der Waals surface area contributed by atoms with Crippen LogP contribution < -0.4 is 5.32 Å². The Morgan fingerprint density at radius 1 is 1.36 bits per heavy atom. The highest BCUT2D eigenvalue weighted by molar-refractivity contribution is 5.88. The molecule has 0 bridgehead atoms. The van der Waals surface area contributed by atoms with E-state index in [0.717, 1.165) is 29.1 Å². The monoisotopic (exact) mass is 296 g/mol. The molecule has 0 saturated heterocycles. The lowest BCUT2D eigenvalue weighted by molar-refractivity contribution is 0.469. The predicted octanol–water partition coefficient (Wildman–Crippen LogP) is 3.43. The molecule has 0 spiro atoms. The Bertz CT molecular complexity index is 796. The minimum atomic E-state index is 0.584. The highest BCUT2D eigenvalue weighted by Crippen LogP contribution is 2.44. The van der Waals surface area contributed by atoms with E-state index in [4.69, 9.17) is 0 Å². The fourth-order valence-corrected chi connectivity index (χ4v) is 2.87. The average molecular weight is 296 g/mol. The first-order valence-corrected chi connectivity index (χ1v) is 7.83. The van der Waals surface area contributed by atoms with Crippen LogP contribution in [0.3, 0.4) is 0 Å². The molecule has 6 nitrogen and oxygen atoms in total. The summed E-state index contributed by atoms with van der Waals surface area (Å²) in [5.74, 6) is 2.05. The van der Waals surface area contributed by atoms with Gasteiger partial charge in [0.2, 0.25) is 0 Å². The third-order valence-electron chi connectivity index (χ3n) is 3.99. The maximum absolute atomic E-state index is 4.58. The van der Waals surface area contributed by atoms with Gasteiger partial charge in [0.1, 0.15) is 17.8 Å². The number of hydrogen-bond acceptors (Lipinski definition) is 4.